The summed E-state index contributed by atoms with van der Waals surface area (Å²) in [4.78, 5) is 28.8. The number of nitro benzene ring substituents is 3. The summed E-state index contributed by atoms with van der Waals surface area (Å²) in [6, 6.07) is 17.9. The fourth-order valence-electron chi connectivity index (χ4n) is 2.10. The van der Waals surface area contributed by atoms with Crippen molar-refractivity contribution in [1.29, 1.82) is 0 Å². The van der Waals surface area contributed by atoms with Gasteiger partial charge in [0.1, 0.15) is 0 Å². The molecule has 3 aromatic rings. The van der Waals surface area contributed by atoms with Crippen LogP contribution in [-0.4, -0.2) is 49.1 Å². The van der Waals surface area contributed by atoms with Crippen LogP contribution in [0.1, 0.15) is 54.7 Å². The summed E-state index contributed by atoms with van der Waals surface area (Å²) in [5.74, 6) is 0. The van der Waals surface area contributed by atoms with E-state index in [1.165, 1.54) is 55.4 Å². The molecule has 0 unspecified atom stereocenters. The fraction of sp³-hybridized carbons (Fsp3) is 0.333. The molecule has 0 amide bonds. The Bertz CT molecular complexity index is 1100. The zero-order valence-electron chi connectivity index (χ0n) is 23.2. The van der Waals surface area contributed by atoms with Crippen LogP contribution < -0.4 is 5.46 Å². The van der Waals surface area contributed by atoms with Crippen molar-refractivity contribution in [3.63, 3.8) is 0 Å². The normalized spacial score (nSPS) is 8.02. The molecule has 0 radical (unpaired) electrons. The molecule has 0 aromatic heterocycles. The van der Waals surface area contributed by atoms with E-state index < -0.39 is 29.0 Å². The van der Waals surface area contributed by atoms with Crippen molar-refractivity contribution in [1.82, 2.24) is 0 Å². The molecule has 46 heavy (non-hydrogen) atoms. The van der Waals surface area contributed by atoms with E-state index in [1.807, 2.05) is 27.7 Å². The van der Waals surface area contributed by atoms with E-state index in [9.17, 15) is 30.3 Å². The van der Waals surface area contributed by atoms with Crippen molar-refractivity contribution >= 4 is 96.7 Å². The number of benzene rings is 3. The van der Waals surface area contributed by atoms with Crippen LogP contribution in [-0.2, 0) is 4.92 Å². The number of nitrogens with zero attached hydrogens (tertiary/aromatic N) is 3. The SMILES string of the molecule is C.C.C.C.CB(O)O.CC.Cc1ccc([N+](=O)[O-])cc1.Cc1ccc([N+](=O)[O-])cc1.O=[N+]([O-])c1ccc(B(O)O)cc1.[I][V]([I])[I]. The van der Waals surface area contributed by atoms with Crippen LogP contribution in [0.25, 0.3) is 0 Å². The molecule has 0 saturated carbocycles. The third-order valence-corrected chi connectivity index (χ3v) is 3.89. The van der Waals surface area contributed by atoms with Gasteiger partial charge in [-0.15, -0.1) is 0 Å². The van der Waals surface area contributed by atoms with Crippen molar-refractivity contribution in [2.75, 3.05) is 0 Å². The Hall–Kier alpha value is -1.40. The summed E-state index contributed by atoms with van der Waals surface area (Å²) in [5.41, 5.74) is 2.52. The quantitative estimate of drug-likeness (QED) is 0.0849. The van der Waals surface area contributed by atoms with Gasteiger partial charge in [0.25, 0.3) is 17.1 Å². The Morgan fingerprint density at radius 2 is 0.739 bits per heavy atom. The van der Waals surface area contributed by atoms with Crippen LogP contribution in [0.15, 0.2) is 72.8 Å². The van der Waals surface area contributed by atoms with E-state index in [2.05, 4.69) is 59.9 Å². The molecule has 0 heterocycles. The first kappa shape index (κ1) is 60.0. The van der Waals surface area contributed by atoms with Crippen molar-refractivity contribution in [2.45, 2.75) is 64.2 Å². The summed E-state index contributed by atoms with van der Waals surface area (Å²) in [5, 5.41) is 62.9. The van der Waals surface area contributed by atoms with Gasteiger partial charge in [0.2, 0.25) is 0 Å². The number of hydrogen-bond donors (Lipinski definition) is 4. The third kappa shape index (κ3) is 37.1. The van der Waals surface area contributed by atoms with E-state index in [1.54, 1.807) is 24.3 Å². The standard InChI is InChI=1S/2C7H7NO2.C6H6BNO4.C2H6.CH5BO2.4CH4.3HI.V/c2*1-6-2-4-7(5-3-6)8(9)10;9-7(10)5-1-3-6(4-2-5)8(11)12;1-2;1-2(3)4;;;;;;;;/h2*2-5H,1H3;1-4,9-10H;1-2H3;3-4H,1H3;4*1H4;3*1H;/q;;;;;;;;;;;;+3/p-3. The Morgan fingerprint density at radius 1 is 0.565 bits per heavy atom. The Balaban J connectivity index is -0.0000000838. The molecule has 19 heteroatoms. The molecule has 0 aliphatic rings. The number of halogens is 3. The maximum atomic E-state index is 10.2. The second-order valence-electron chi connectivity index (χ2n) is 7.23. The average Bonchev–Trinajstić information content (AvgIpc) is 2.90. The monoisotopic (exact) mass is 1030 g/mol. The van der Waals surface area contributed by atoms with Crippen LogP contribution in [0.4, 0.5) is 17.1 Å². The fourth-order valence-corrected chi connectivity index (χ4v) is 2.10. The van der Waals surface area contributed by atoms with Gasteiger partial charge in [-0.05, 0) is 26.1 Å². The van der Waals surface area contributed by atoms with Gasteiger partial charge in [-0.25, -0.2) is 0 Å². The van der Waals surface area contributed by atoms with Crippen LogP contribution >= 0.6 is 59.9 Å². The van der Waals surface area contributed by atoms with E-state index in [0.29, 0.717) is 0 Å². The topological polar surface area (TPSA) is 210 Å². The van der Waals surface area contributed by atoms with Crippen molar-refractivity contribution < 1.29 is 39.8 Å². The molecule has 3 aromatic carbocycles. The van der Waals surface area contributed by atoms with E-state index in [-0.39, 0.29) is 57.2 Å². The van der Waals surface area contributed by atoms with E-state index in [0.717, 1.165) is 11.1 Å². The first-order chi connectivity index (χ1) is 19.5. The predicted octanol–water partition coefficient (Wildman–Crippen LogP) is 8.40. The molecule has 0 aliphatic heterocycles. The number of aryl methyl sites for hydroxylation is 2. The Morgan fingerprint density at radius 3 is 0.891 bits per heavy atom. The van der Waals surface area contributed by atoms with E-state index in [4.69, 9.17) is 20.1 Å². The minimum absolute atomic E-state index is 0. The molecule has 0 fully saturated rings. The Labute approximate surface area is 312 Å². The molecule has 0 spiro atoms. The first-order valence-corrected chi connectivity index (χ1v) is 25.2. The Kier molecular flexibility index (Phi) is 47.5. The minimum atomic E-state index is -1.58. The first-order valence-electron chi connectivity index (χ1n) is 11.6. The van der Waals surface area contributed by atoms with Gasteiger partial charge in [-0.3, -0.25) is 30.3 Å². The van der Waals surface area contributed by atoms with Crippen LogP contribution in [0.2, 0.25) is 6.82 Å². The van der Waals surface area contributed by atoms with Gasteiger partial charge in [0.05, 0.1) is 14.8 Å². The summed E-state index contributed by atoms with van der Waals surface area (Å²) in [7, 11) is -2.74. The molecule has 0 saturated heterocycles. The number of hydrogen-bond acceptors (Lipinski definition) is 10. The number of non-ortho nitro benzene ring substituents is 3. The van der Waals surface area contributed by atoms with Gasteiger partial charge in [-0.2, -0.15) is 0 Å². The molecular weight excluding hydrogens is 980 g/mol. The van der Waals surface area contributed by atoms with Gasteiger partial charge in [0.15, 0.2) is 0 Å². The summed E-state index contributed by atoms with van der Waals surface area (Å²) < 4.78 is 0. The van der Waals surface area contributed by atoms with Crippen molar-refractivity contribution in [3.8, 4) is 0 Å². The summed E-state index contributed by atoms with van der Waals surface area (Å²) in [6.07, 6.45) is 0. The van der Waals surface area contributed by atoms with Crippen LogP contribution in [0.5, 0.6) is 0 Å². The number of nitro groups is 3. The third-order valence-electron chi connectivity index (χ3n) is 3.89. The van der Waals surface area contributed by atoms with Gasteiger partial charge < -0.3 is 20.1 Å². The second-order valence-corrected chi connectivity index (χ2v) is 42.6. The zero-order chi connectivity index (χ0) is 33.4. The maximum absolute atomic E-state index is 10.2. The zero-order valence-corrected chi connectivity index (χ0v) is 31.1. The number of rotatable bonds is 4. The molecule has 0 atom stereocenters. The summed E-state index contributed by atoms with van der Waals surface area (Å²) in [6.45, 7) is 9.06. The van der Waals surface area contributed by atoms with Gasteiger partial charge in [-0.1, -0.05) is 91.1 Å². The summed E-state index contributed by atoms with van der Waals surface area (Å²) >= 11 is 7.39. The van der Waals surface area contributed by atoms with Gasteiger partial charge >= 0.3 is 79.1 Å². The second kappa shape index (κ2) is 36.4. The molecule has 13 nitrogen and oxygen atoms in total. The molecule has 0 bridgehead atoms. The van der Waals surface area contributed by atoms with Crippen molar-refractivity contribution in [3.05, 3.63) is 114 Å². The van der Waals surface area contributed by atoms with Crippen LogP contribution in [0, 0.1) is 44.2 Å². The van der Waals surface area contributed by atoms with E-state index >= 15 is 0 Å². The van der Waals surface area contributed by atoms with Crippen LogP contribution in [0.3, 0.4) is 0 Å². The molecule has 262 valence electrons. The van der Waals surface area contributed by atoms with Crippen molar-refractivity contribution in [2.24, 2.45) is 0 Å². The van der Waals surface area contributed by atoms with Gasteiger partial charge in [0, 0.05) is 36.4 Å². The predicted molar refractivity (Wildman–Crippen MR) is 215 cm³/mol. The molecule has 0 aliphatic carbocycles. The average molecular weight is 1030 g/mol. The molecular formula is C27H47B2I3N3O10V. The molecule has 3 rings (SSSR count). The molecule has 4 N–H and O–H groups in total.